The van der Waals surface area contributed by atoms with Gasteiger partial charge in [0.05, 0.1) is 12.3 Å². The molecule has 0 bridgehead atoms. The molecule has 1 rings (SSSR count). The molecule has 0 aromatic carbocycles. The van der Waals surface area contributed by atoms with Crippen LogP contribution in [0.4, 0.5) is 0 Å². The van der Waals surface area contributed by atoms with Gasteiger partial charge in [0.2, 0.25) is 10.0 Å². The van der Waals surface area contributed by atoms with E-state index in [1.54, 1.807) is 6.20 Å². The van der Waals surface area contributed by atoms with Gasteiger partial charge in [-0.1, -0.05) is 0 Å². The van der Waals surface area contributed by atoms with Gasteiger partial charge in [-0.2, -0.15) is 0 Å². The second-order valence-electron chi connectivity index (χ2n) is 3.33. The van der Waals surface area contributed by atoms with Gasteiger partial charge in [-0.05, 0) is 14.0 Å². The summed E-state index contributed by atoms with van der Waals surface area (Å²) in [5.74, 6) is 1.00. The highest BCUT2D eigenvalue weighted by atomic mass is 32.2. The lowest BCUT2D eigenvalue weighted by molar-refractivity contribution is 0.578. The Labute approximate surface area is 96.1 Å². The Morgan fingerprint density at radius 2 is 2.25 bits per heavy atom. The minimum Gasteiger partial charge on any atom is -0.334 e. The summed E-state index contributed by atoms with van der Waals surface area (Å²) in [6, 6.07) is 0. The Morgan fingerprint density at radius 1 is 1.50 bits per heavy atom. The standard InChI is InChI=1S/C9H18N4O2S/c1-3-13-6-4-12-9(13)8-11-5-7-16(14,15)10-2/h4,6,10-11H,3,5,7-8H2,1-2H3. The molecule has 1 aromatic rings. The van der Waals surface area contributed by atoms with Gasteiger partial charge >= 0.3 is 0 Å². The fraction of sp³-hybridized carbons (Fsp3) is 0.667. The molecule has 0 aliphatic carbocycles. The highest BCUT2D eigenvalue weighted by Gasteiger charge is 2.06. The number of rotatable bonds is 7. The maximum absolute atomic E-state index is 11.1. The quantitative estimate of drug-likeness (QED) is 0.638. The molecule has 0 fully saturated rings. The van der Waals surface area contributed by atoms with E-state index in [-0.39, 0.29) is 5.75 Å². The molecule has 0 saturated heterocycles. The molecule has 6 nitrogen and oxygen atoms in total. The normalized spacial score (nSPS) is 11.9. The van der Waals surface area contributed by atoms with Gasteiger partial charge in [0.1, 0.15) is 5.82 Å². The molecule has 0 spiro atoms. The molecule has 0 amide bonds. The van der Waals surface area contributed by atoms with Gasteiger partial charge in [0, 0.05) is 25.5 Å². The zero-order chi connectivity index (χ0) is 12.0. The molecule has 16 heavy (non-hydrogen) atoms. The van der Waals surface area contributed by atoms with E-state index in [4.69, 9.17) is 0 Å². The number of hydrogen-bond donors (Lipinski definition) is 2. The average molecular weight is 246 g/mol. The predicted octanol–water partition coefficient (Wildman–Crippen LogP) is -0.458. The van der Waals surface area contributed by atoms with Crippen molar-refractivity contribution >= 4 is 10.0 Å². The number of imidazole rings is 1. The summed E-state index contributed by atoms with van der Waals surface area (Å²) in [7, 11) is -1.70. The first-order chi connectivity index (χ1) is 7.59. The molecule has 7 heteroatoms. The molecular formula is C9H18N4O2S. The lowest BCUT2D eigenvalue weighted by atomic mass is 10.5. The predicted molar refractivity (Wildman–Crippen MR) is 62.5 cm³/mol. The summed E-state index contributed by atoms with van der Waals surface area (Å²) in [4.78, 5) is 4.18. The van der Waals surface area contributed by atoms with Crippen LogP contribution in [0.2, 0.25) is 0 Å². The SMILES string of the molecule is CCn1ccnc1CNCCS(=O)(=O)NC. The molecule has 1 aromatic heterocycles. The van der Waals surface area contributed by atoms with Crippen LogP contribution in [0.5, 0.6) is 0 Å². The maximum Gasteiger partial charge on any atom is 0.212 e. The van der Waals surface area contributed by atoms with Gasteiger partial charge < -0.3 is 9.88 Å². The molecule has 0 atom stereocenters. The molecule has 2 N–H and O–H groups in total. The van der Waals surface area contributed by atoms with E-state index in [2.05, 4.69) is 15.0 Å². The van der Waals surface area contributed by atoms with Crippen molar-refractivity contribution in [2.24, 2.45) is 0 Å². The molecule has 0 unspecified atom stereocenters. The van der Waals surface area contributed by atoms with Crippen molar-refractivity contribution in [2.75, 3.05) is 19.3 Å². The summed E-state index contributed by atoms with van der Waals surface area (Å²) >= 11 is 0. The van der Waals surface area contributed by atoms with Crippen LogP contribution < -0.4 is 10.0 Å². The highest BCUT2D eigenvalue weighted by Crippen LogP contribution is 1.96. The maximum atomic E-state index is 11.1. The van der Waals surface area contributed by atoms with Crippen molar-refractivity contribution in [1.29, 1.82) is 0 Å². The van der Waals surface area contributed by atoms with Crippen LogP contribution in [-0.4, -0.2) is 37.3 Å². The van der Waals surface area contributed by atoms with Crippen LogP contribution in [-0.2, 0) is 23.1 Å². The van der Waals surface area contributed by atoms with Crippen molar-refractivity contribution < 1.29 is 8.42 Å². The first kappa shape index (κ1) is 13.1. The van der Waals surface area contributed by atoms with Crippen LogP contribution in [0.25, 0.3) is 0 Å². The van der Waals surface area contributed by atoms with Gasteiger partial charge in [-0.15, -0.1) is 0 Å². The monoisotopic (exact) mass is 246 g/mol. The summed E-state index contributed by atoms with van der Waals surface area (Å²) in [5.41, 5.74) is 0. The second-order valence-corrected chi connectivity index (χ2v) is 5.38. The van der Waals surface area contributed by atoms with Crippen molar-refractivity contribution in [2.45, 2.75) is 20.0 Å². The fourth-order valence-corrected chi connectivity index (χ4v) is 1.92. The van der Waals surface area contributed by atoms with Gasteiger partial charge in [0.15, 0.2) is 0 Å². The summed E-state index contributed by atoms with van der Waals surface area (Å²) in [6.45, 7) is 3.91. The van der Waals surface area contributed by atoms with Crippen molar-refractivity contribution in [3.05, 3.63) is 18.2 Å². The van der Waals surface area contributed by atoms with E-state index in [0.29, 0.717) is 13.1 Å². The number of nitrogens with zero attached hydrogens (tertiary/aromatic N) is 2. The van der Waals surface area contributed by atoms with E-state index in [1.807, 2.05) is 17.7 Å². The van der Waals surface area contributed by atoms with E-state index in [9.17, 15) is 8.42 Å². The van der Waals surface area contributed by atoms with Crippen LogP contribution in [0.15, 0.2) is 12.4 Å². The number of aryl methyl sites for hydroxylation is 1. The summed E-state index contributed by atoms with van der Waals surface area (Å²) < 4.78 is 26.5. The third-order valence-electron chi connectivity index (χ3n) is 2.28. The molecule has 0 aliphatic rings. The molecule has 1 heterocycles. The number of hydrogen-bond acceptors (Lipinski definition) is 4. The van der Waals surface area contributed by atoms with Crippen LogP contribution in [0, 0.1) is 0 Å². The third-order valence-corrected chi connectivity index (χ3v) is 3.65. The smallest absolute Gasteiger partial charge is 0.212 e. The number of nitrogens with one attached hydrogen (secondary N) is 2. The minimum absolute atomic E-state index is 0.0797. The van der Waals surface area contributed by atoms with Crippen molar-refractivity contribution in [3.63, 3.8) is 0 Å². The van der Waals surface area contributed by atoms with Gasteiger partial charge in [-0.3, -0.25) is 0 Å². The van der Waals surface area contributed by atoms with Crippen LogP contribution in [0.3, 0.4) is 0 Å². The highest BCUT2D eigenvalue weighted by molar-refractivity contribution is 7.89. The number of aromatic nitrogens is 2. The molecule has 92 valence electrons. The third kappa shape index (κ3) is 3.92. The average Bonchev–Trinajstić information content (AvgIpc) is 2.72. The Bertz CT molecular complexity index is 413. The summed E-state index contributed by atoms with van der Waals surface area (Å²) in [6.07, 6.45) is 3.65. The fourth-order valence-electron chi connectivity index (χ4n) is 1.30. The van der Waals surface area contributed by atoms with Gasteiger partial charge in [0.25, 0.3) is 0 Å². The lowest BCUT2D eigenvalue weighted by Crippen LogP contribution is -2.29. The van der Waals surface area contributed by atoms with Crippen molar-refractivity contribution in [3.8, 4) is 0 Å². The topological polar surface area (TPSA) is 76.0 Å². The van der Waals surface area contributed by atoms with Crippen molar-refractivity contribution in [1.82, 2.24) is 19.6 Å². The van der Waals surface area contributed by atoms with E-state index in [0.717, 1.165) is 12.4 Å². The first-order valence-electron chi connectivity index (χ1n) is 5.21. The van der Waals surface area contributed by atoms with Crippen LogP contribution >= 0.6 is 0 Å². The second kappa shape index (κ2) is 5.97. The summed E-state index contributed by atoms with van der Waals surface area (Å²) in [5, 5.41) is 3.05. The molecule has 0 saturated carbocycles. The Morgan fingerprint density at radius 3 is 2.88 bits per heavy atom. The largest absolute Gasteiger partial charge is 0.334 e. The molecule has 0 radical (unpaired) electrons. The van der Waals surface area contributed by atoms with Gasteiger partial charge in [-0.25, -0.2) is 18.1 Å². The lowest BCUT2D eigenvalue weighted by Gasteiger charge is -2.06. The minimum atomic E-state index is -3.12. The molecular weight excluding hydrogens is 228 g/mol. The number of sulfonamides is 1. The Kier molecular flexibility index (Phi) is 4.91. The van der Waals surface area contributed by atoms with Crippen LogP contribution in [0.1, 0.15) is 12.7 Å². The Hall–Kier alpha value is -0.920. The Balaban J connectivity index is 2.31. The first-order valence-corrected chi connectivity index (χ1v) is 6.86. The van der Waals surface area contributed by atoms with E-state index in [1.165, 1.54) is 7.05 Å². The zero-order valence-corrected chi connectivity index (χ0v) is 10.4. The van der Waals surface area contributed by atoms with E-state index < -0.39 is 10.0 Å². The molecule has 0 aliphatic heterocycles. The zero-order valence-electron chi connectivity index (χ0n) is 9.60. The van der Waals surface area contributed by atoms with E-state index >= 15 is 0 Å².